The summed E-state index contributed by atoms with van der Waals surface area (Å²) in [5.74, 6) is 1.29. The molecular weight excluding hydrogens is 334 g/mol. The van der Waals surface area contributed by atoms with E-state index in [4.69, 9.17) is 11.6 Å². The second kappa shape index (κ2) is 6.26. The fraction of sp³-hybridized carbons (Fsp3) is 0.438. The number of anilines is 1. The highest BCUT2D eigenvalue weighted by molar-refractivity contribution is 7.89. The van der Waals surface area contributed by atoms with Crippen molar-refractivity contribution in [3.8, 4) is 0 Å². The Balaban J connectivity index is 1.64. The molecule has 23 heavy (non-hydrogen) atoms. The van der Waals surface area contributed by atoms with Gasteiger partial charge in [-0.2, -0.15) is 0 Å². The zero-order valence-corrected chi connectivity index (χ0v) is 14.8. The zero-order valence-electron chi connectivity index (χ0n) is 13.2. The summed E-state index contributed by atoms with van der Waals surface area (Å²) in [5, 5.41) is 4.94. The highest BCUT2D eigenvalue weighted by atomic mass is 35.5. The van der Waals surface area contributed by atoms with Crippen molar-refractivity contribution in [2.24, 2.45) is 5.92 Å². The average molecular weight is 354 g/mol. The van der Waals surface area contributed by atoms with Gasteiger partial charge in [0, 0.05) is 36.0 Å². The van der Waals surface area contributed by atoms with Gasteiger partial charge in [-0.05, 0) is 37.6 Å². The Morgan fingerprint density at radius 2 is 2.04 bits per heavy atom. The largest absolute Gasteiger partial charge is 0.370 e. The topological polar surface area (TPSA) is 62.3 Å². The molecule has 0 aliphatic carbocycles. The Hall–Kier alpha value is -1.37. The van der Waals surface area contributed by atoms with E-state index in [1.165, 1.54) is 4.31 Å². The Kier molecular flexibility index (Phi) is 4.49. The molecule has 7 heteroatoms. The average Bonchev–Trinajstić information content (AvgIpc) is 2.49. The standard InChI is InChI=1S/C16H20ClN3O2S/c1-3-23(21,22)20-9-12(10-20)8-18-15-7-5-13-14(17)6-4-11(2)16(13)19-15/h4-7,12H,3,8-10H2,1-2H3,(H,18,19). The van der Waals surface area contributed by atoms with Gasteiger partial charge >= 0.3 is 0 Å². The third kappa shape index (κ3) is 3.29. The highest BCUT2D eigenvalue weighted by Crippen LogP contribution is 2.26. The second-order valence-corrected chi connectivity index (χ2v) is 8.59. The van der Waals surface area contributed by atoms with Gasteiger partial charge in [-0.15, -0.1) is 0 Å². The number of fused-ring (bicyclic) bond motifs is 1. The van der Waals surface area contributed by atoms with Crippen LogP contribution in [0.15, 0.2) is 24.3 Å². The molecule has 1 N–H and O–H groups in total. The van der Waals surface area contributed by atoms with E-state index in [0.717, 1.165) is 22.3 Å². The quantitative estimate of drug-likeness (QED) is 0.897. The van der Waals surface area contributed by atoms with Crippen LogP contribution in [0.25, 0.3) is 10.9 Å². The van der Waals surface area contributed by atoms with Crippen molar-refractivity contribution in [3.63, 3.8) is 0 Å². The van der Waals surface area contributed by atoms with Crippen molar-refractivity contribution < 1.29 is 8.42 Å². The highest BCUT2D eigenvalue weighted by Gasteiger charge is 2.34. The Morgan fingerprint density at radius 1 is 1.30 bits per heavy atom. The summed E-state index contributed by atoms with van der Waals surface area (Å²) >= 11 is 6.19. The van der Waals surface area contributed by atoms with Gasteiger partial charge < -0.3 is 5.32 Å². The molecule has 0 unspecified atom stereocenters. The maximum atomic E-state index is 11.7. The number of aromatic nitrogens is 1. The van der Waals surface area contributed by atoms with Crippen molar-refractivity contribution >= 4 is 38.3 Å². The number of sulfonamides is 1. The minimum atomic E-state index is -3.04. The maximum Gasteiger partial charge on any atom is 0.213 e. The van der Waals surface area contributed by atoms with Gasteiger partial charge in [-0.25, -0.2) is 17.7 Å². The summed E-state index contributed by atoms with van der Waals surface area (Å²) in [7, 11) is -3.04. The lowest BCUT2D eigenvalue weighted by Crippen LogP contribution is -2.52. The molecule has 5 nitrogen and oxygen atoms in total. The number of aryl methyl sites for hydroxylation is 1. The van der Waals surface area contributed by atoms with Crippen LogP contribution in [0.1, 0.15) is 12.5 Å². The molecule has 1 fully saturated rings. The van der Waals surface area contributed by atoms with Crippen LogP contribution in [0.2, 0.25) is 5.02 Å². The van der Waals surface area contributed by atoms with Crippen molar-refractivity contribution in [2.75, 3.05) is 30.7 Å². The lowest BCUT2D eigenvalue weighted by Gasteiger charge is -2.38. The first-order valence-corrected chi connectivity index (χ1v) is 9.67. The number of nitrogens with zero attached hydrogens (tertiary/aromatic N) is 2. The molecule has 1 aromatic heterocycles. The minimum Gasteiger partial charge on any atom is -0.370 e. The van der Waals surface area contributed by atoms with E-state index < -0.39 is 10.0 Å². The molecule has 0 spiro atoms. The van der Waals surface area contributed by atoms with Crippen molar-refractivity contribution in [3.05, 3.63) is 34.9 Å². The molecule has 3 rings (SSSR count). The van der Waals surface area contributed by atoms with Gasteiger partial charge in [0.05, 0.1) is 11.3 Å². The number of pyridine rings is 1. The number of nitrogens with one attached hydrogen (secondary N) is 1. The minimum absolute atomic E-state index is 0.166. The van der Waals surface area contributed by atoms with Crippen molar-refractivity contribution in [2.45, 2.75) is 13.8 Å². The first kappa shape index (κ1) is 16.5. The van der Waals surface area contributed by atoms with E-state index in [1.54, 1.807) is 6.92 Å². The molecule has 1 aliphatic heterocycles. The van der Waals surface area contributed by atoms with Crippen LogP contribution in [-0.2, 0) is 10.0 Å². The second-order valence-electron chi connectivity index (χ2n) is 5.92. The van der Waals surface area contributed by atoms with Gasteiger partial charge in [-0.3, -0.25) is 0 Å². The first-order chi connectivity index (χ1) is 10.9. The van der Waals surface area contributed by atoms with E-state index in [9.17, 15) is 8.42 Å². The predicted molar refractivity (Wildman–Crippen MR) is 94.5 cm³/mol. The van der Waals surface area contributed by atoms with Crippen LogP contribution in [0.4, 0.5) is 5.82 Å². The van der Waals surface area contributed by atoms with Crippen molar-refractivity contribution in [1.82, 2.24) is 9.29 Å². The van der Waals surface area contributed by atoms with Crippen LogP contribution in [0, 0.1) is 12.8 Å². The fourth-order valence-corrected chi connectivity index (χ4v) is 4.18. The summed E-state index contributed by atoms with van der Waals surface area (Å²) in [6.45, 7) is 5.57. The Bertz CT molecular complexity index is 833. The van der Waals surface area contributed by atoms with E-state index >= 15 is 0 Å². The zero-order chi connectivity index (χ0) is 16.6. The number of hydrogen-bond donors (Lipinski definition) is 1. The predicted octanol–water partition coefficient (Wildman–Crippen LogP) is 2.89. The molecule has 0 bridgehead atoms. The fourth-order valence-electron chi connectivity index (χ4n) is 2.73. The molecule has 0 saturated carbocycles. The van der Waals surface area contributed by atoms with Crippen LogP contribution >= 0.6 is 11.6 Å². The third-order valence-corrected chi connectivity index (χ3v) is 6.40. The lowest BCUT2D eigenvalue weighted by atomic mass is 10.0. The normalized spacial score (nSPS) is 16.5. The Morgan fingerprint density at radius 3 is 2.74 bits per heavy atom. The molecule has 2 heterocycles. The van der Waals surface area contributed by atoms with Gasteiger partial charge in [0.15, 0.2) is 0 Å². The molecule has 0 radical (unpaired) electrons. The van der Waals surface area contributed by atoms with Gasteiger partial charge in [0.2, 0.25) is 10.0 Å². The monoisotopic (exact) mass is 353 g/mol. The molecule has 1 aliphatic rings. The Labute approximate surface area is 141 Å². The van der Waals surface area contributed by atoms with Gasteiger partial charge in [0.1, 0.15) is 5.82 Å². The van der Waals surface area contributed by atoms with Crippen LogP contribution < -0.4 is 5.32 Å². The van der Waals surface area contributed by atoms with Crippen LogP contribution in [0.5, 0.6) is 0 Å². The molecule has 1 saturated heterocycles. The van der Waals surface area contributed by atoms with E-state index in [1.807, 2.05) is 31.2 Å². The smallest absolute Gasteiger partial charge is 0.213 e. The summed E-state index contributed by atoms with van der Waals surface area (Å²) in [6, 6.07) is 7.72. The summed E-state index contributed by atoms with van der Waals surface area (Å²) in [5.41, 5.74) is 1.98. The van der Waals surface area contributed by atoms with E-state index in [0.29, 0.717) is 30.6 Å². The number of benzene rings is 1. The van der Waals surface area contributed by atoms with Gasteiger partial charge in [-0.1, -0.05) is 17.7 Å². The number of hydrogen-bond acceptors (Lipinski definition) is 4. The third-order valence-electron chi connectivity index (χ3n) is 4.26. The molecule has 2 aromatic rings. The van der Waals surface area contributed by atoms with Crippen molar-refractivity contribution in [1.29, 1.82) is 0 Å². The summed E-state index contributed by atoms with van der Waals surface area (Å²) in [4.78, 5) is 4.62. The summed E-state index contributed by atoms with van der Waals surface area (Å²) in [6.07, 6.45) is 0. The molecular formula is C16H20ClN3O2S. The van der Waals surface area contributed by atoms with E-state index in [-0.39, 0.29) is 5.75 Å². The maximum absolute atomic E-state index is 11.7. The van der Waals surface area contributed by atoms with Gasteiger partial charge in [0.25, 0.3) is 0 Å². The molecule has 0 amide bonds. The number of halogens is 1. The summed E-state index contributed by atoms with van der Waals surface area (Å²) < 4.78 is 24.9. The SMILES string of the molecule is CCS(=O)(=O)N1CC(CNc2ccc3c(Cl)ccc(C)c3n2)C1. The molecule has 1 aromatic carbocycles. The molecule has 124 valence electrons. The van der Waals surface area contributed by atoms with E-state index in [2.05, 4.69) is 10.3 Å². The lowest BCUT2D eigenvalue weighted by molar-refractivity contribution is 0.212. The van der Waals surface area contributed by atoms with Crippen LogP contribution in [-0.4, -0.2) is 43.1 Å². The number of rotatable bonds is 5. The molecule has 0 atom stereocenters. The van der Waals surface area contributed by atoms with Crippen LogP contribution in [0.3, 0.4) is 0 Å². The first-order valence-electron chi connectivity index (χ1n) is 7.68.